The van der Waals surface area contributed by atoms with E-state index in [1.54, 1.807) is 7.05 Å². The van der Waals surface area contributed by atoms with Gasteiger partial charge < -0.3 is 5.32 Å². The maximum atomic E-state index is 10.7. The van der Waals surface area contributed by atoms with Gasteiger partial charge in [-0.2, -0.15) is 5.10 Å². The summed E-state index contributed by atoms with van der Waals surface area (Å²) in [5.74, 6) is 0.759. The van der Waals surface area contributed by atoms with Crippen LogP contribution in [0.4, 0.5) is 0 Å². The third-order valence-corrected chi connectivity index (χ3v) is 1.33. The molecule has 5 nitrogen and oxygen atoms in total. The van der Waals surface area contributed by atoms with E-state index in [1.165, 1.54) is 6.33 Å². The first kappa shape index (κ1) is 7.71. The van der Waals surface area contributed by atoms with Gasteiger partial charge in [0.15, 0.2) is 0 Å². The van der Waals surface area contributed by atoms with Crippen LogP contribution in [0.1, 0.15) is 12.2 Å². The molecule has 0 atom stereocenters. The topological polar surface area (TPSA) is 70.7 Å². The summed E-state index contributed by atoms with van der Waals surface area (Å²) in [4.78, 5) is 14.6. The molecule has 60 valence electrons. The molecule has 0 spiro atoms. The first-order chi connectivity index (χ1) is 5.33. The molecular formula is C6H10N4O. The molecule has 0 aliphatic heterocycles. The molecule has 1 rings (SSSR count). The Kier molecular flexibility index (Phi) is 2.59. The van der Waals surface area contributed by atoms with Gasteiger partial charge in [-0.1, -0.05) is 0 Å². The lowest BCUT2D eigenvalue weighted by Crippen LogP contribution is -2.18. The number of rotatable bonds is 3. The van der Waals surface area contributed by atoms with Crippen molar-refractivity contribution >= 4 is 5.91 Å². The van der Waals surface area contributed by atoms with E-state index in [2.05, 4.69) is 20.5 Å². The number of aryl methyl sites for hydroxylation is 1. The van der Waals surface area contributed by atoms with E-state index in [0.29, 0.717) is 12.8 Å². The summed E-state index contributed by atoms with van der Waals surface area (Å²) in [5, 5.41) is 8.86. The van der Waals surface area contributed by atoms with Gasteiger partial charge in [0.25, 0.3) is 0 Å². The van der Waals surface area contributed by atoms with Crippen LogP contribution in [0.25, 0.3) is 0 Å². The van der Waals surface area contributed by atoms with Crippen LogP contribution < -0.4 is 5.32 Å². The highest BCUT2D eigenvalue weighted by atomic mass is 16.1. The number of amides is 1. The largest absolute Gasteiger partial charge is 0.359 e. The van der Waals surface area contributed by atoms with E-state index >= 15 is 0 Å². The van der Waals surface area contributed by atoms with Crippen LogP contribution in [0.3, 0.4) is 0 Å². The Morgan fingerprint density at radius 3 is 3.18 bits per heavy atom. The van der Waals surface area contributed by atoms with Crippen molar-refractivity contribution in [3.63, 3.8) is 0 Å². The molecule has 0 aliphatic carbocycles. The number of nitrogens with zero attached hydrogens (tertiary/aromatic N) is 2. The van der Waals surface area contributed by atoms with Crippen LogP contribution in [-0.4, -0.2) is 28.1 Å². The molecule has 1 aromatic rings. The van der Waals surface area contributed by atoms with E-state index in [4.69, 9.17) is 0 Å². The summed E-state index contributed by atoms with van der Waals surface area (Å²) in [6.45, 7) is 0. The summed E-state index contributed by atoms with van der Waals surface area (Å²) in [5.41, 5.74) is 0. The first-order valence-corrected chi connectivity index (χ1v) is 3.37. The van der Waals surface area contributed by atoms with Crippen molar-refractivity contribution in [2.24, 2.45) is 0 Å². The van der Waals surface area contributed by atoms with Gasteiger partial charge in [0.2, 0.25) is 5.91 Å². The molecule has 1 aromatic heterocycles. The third kappa shape index (κ3) is 2.37. The zero-order chi connectivity index (χ0) is 8.10. The van der Waals surface area contributed by atoms with E-state index in [0.717, 1.165) is 5.82 Å². The lowest BCUT2D eigenvalue weighted by Gasteiger charge is -1.95. The number of aromatic amines is 1. The minimum atomic E-state index is 0.0152. The Bertz CT molecular complexity index is 218. The molecule has 1 heterocycles. The van der Waals surface area contributed by atoms with E-state index < -0.39 is 0 Å². The van der Waals surface area contributed by atoms with Gasteiger partial charge in [-0.3, -0.25) is 9.89 Å². The SMILES string of the molecule is CNC(=O)CCc1ncn[nH]1. The van der Waals surface area contributed by atoms with Gasteiger partial charge >= 0.3 is 0 Å². The zero-order valence-electron chi connectivity index (χ0n) is 6.29. The molecule has 0 aliphatic rings. The highest BCUT2D eigenvalue weighted by molar-refractivity contribution is 5.75. The average Bonchev–Trinajstić information content (AvgIpc) is 2.52. The number of H-pyrrole nitrogens is 1. The molecule has 0 fully saturated rings. The second kappa shape index (κ2) is 3.70. The van der Waals surface area contributed by atoms with Gasteiger partial charge in [0.1, 0.15) is 12.2 Å². The number of hydrogen-bond donors (Lipinski definition) is 2. The summed E-state index contributed by atoms with van der Waals surface area (Å²) >= 11 is 0. The molecule has 2 N–H and O–H groups in total. The average molecular weight is 154 g/mol. The highest BCUT2D eigenvalue weighted by Crippen LogP contribution is 1.91. The Morgan fingerprint density at radius 2 is 2.64 bits per heavy atom. The summed E-state index contributed by atoms with van der Waals surface area (Å²) < 4.78 is 0. The fraction of sp³-hybridized carbons (Fsp3) is 0.500. The van der Waals surface area contributed by atoms with E-state index in [-0.39, 0.29) is 5.91 Å². The predicted molar refractivity (Wildman–Crippen MR) is 38.8 cm³/mol. The second-order valence-corrected chi connectivity index (χ2v) is 2.11. The molecule has 5 heteroatoms. The number of hydrogen-bond acceptors (Lipinski definition) is 3. The van der Waals surface area contributed by atoms with Crippen LogP contribution in [-0.2, 0) is 11.2 Å². The molecule has 0 bridgehead atoms. The van der Waals surface area contributed by atoms with Gasteiger partial charge in [-0.05, 0) is 0 Å². The maximum Gasteiger partial charge on any atom is 0.220 e. The normalized spacial score (nSPS) is 9.55. The number of carbonyl (C=O) groups is 1. The van der Waals surface area contributed by atoms with Crippen molar-refractivity contribution in [3.05, 3.63) is 12.2 Å². The zero-order valence-corrected chi connectivity index (χ0v) is 6.29. The van der Waals surface area contributed by atoms with Crippen molar-refractivity contribution < 1.29 is 4.79 Å². The first-order valence-electron chi connectivity index (χ1n) is 3.37. The van der Waals surface area contributed by atoms with Gasteiger partial charge in [-0.25, -0.2) is 4.98 Å². The summed E-state index contributed by atoms with van der Waals surface area (Å²) in [7, 11) is 1.61. The van der Waals surface area contributed by atoms with Gasteiger partial charge in [0.05, 0.1) is 0 Å². The highest BCUT2D eigenvalue weighted by Gasteiger charge is 2.00. The van der Waals surface area contributed by atoms with Crippen LogP contribution in [0, 0.1) is 0 Å². The Morgan fingerprint density at radius 1 is 1.82 bits per heavy atom. The van der Waals surface area contributed by atoms with Crippen LogP contribution in [0.2, 0.25) is 0 Å². The lowest BCUT2D eigenvalue weighted by atomic mass is 10.3. The molecule has 0 radical (unpaired) electrons. The molecule has 0 aromatic carbocycles. The van der Waals surface area contributed by atoms with Crippen LogP contribution in [0.15, 0.2) is 6.33 Å². The third-order valence-electron chi connectivity index (χ3n) is 1.33. The Balaban J connectivity index is 2.29. The lowest BCUT2D eigenvalue weighted by molar-refractivity contribution is -0.120. The van der Waals surface area contributed by atoms with Crippen molar-refractivity contribution in [3.8, 4) is 0 Å². The second-order valence-electron chi connectivity index (χ2n) is 2.11. The predicted octanol–water partition coefficient (Wildman–Crippen LogP) is -0.517. The van der Waals surface area contributed by atoms with Crippen LogP contribution in [0.5, 0.6) is 0 Å². The molecule has 0 saturated heterocycles. The van der Waals surface area contributed by atoms with E-state index in [9.17, 15) is 4.79 Å². The fourth-order valence-electron chi connectivity index (χ4n) is 0.708. The smallest absolute Gasteiger partial charge is 0.220 e. The Labute approximate surface area is 64.2 Å². The summed E-state index contributed by atoms with van der Waals surface area (Å²) in [6, 6.07) is 0. The van der Waals surface area contributed by atoms with Crippen molar-refractivity contribution in [1.82, 2.24) is 20.5 Å². The van der Waals surface area contributed by atoms with Crippen molar-refractivity contribution in [1.29, 1.82) is 0 Å². The summed E-state index contributed by atoms with van der Waals surface area (Å²) in [6.07, 6.45) is 2.49. The molecule has 11 heavy (non-hydrogen) atoms. The molecule has 0 saturated carbocycles. The van der Waals surface area contributed by atoms with Gasteiger partial charge in [0, 0.05) is 19.9 Å². The molecular weight excluding hydrogens is 144 g/mol. The van der Waals surface area contributed by atoms with Crippen molar-refractivity contribution in [2.75, 3.05) is 7.05 Å². The minimum Gasteiger partial charge on any atom is -0.359 e. The molecule has 1 amide bonds. The minimum absolute atomic E-state index is 0.0152. The number of aromatic nitrogens is 3. The number of nitrogens with one attached hydrogen (secondary N) is 2. The maximum absolute atomic E-state index is 10.7. The monoisotopic (exact) mass is 154 g/mol. The van der Waals surface area contributed by atoms with Crippen molar-refractivity contribution in [2.45, 2.75) is 12.8 Å². The molecule has 0 unspecified atom stereocenters. The fourth-order valence-corrected chi connectivity index (χ4v) is 0.708. The van der Waals surface area contributed by atoms with E-state index in [1.807, 2.05) is 0 Å². The standard InChI is InChI=1S/C6H10N4O/c1-7-6(11)3-2-5-8-4-9-10-5/h4H,2-3H2,1H3,(H,7,11)(H,8,9,10). The van der Waals surface area contributed by atoms with Crippen LogP contribution >= 0.6 is 0 Å². The van der Waals surface area contributed by atoms with Gasteiger partial charge in [-0.15, -0.1) is 0 Å². The quantitative estimate of drug-likeness (QED) is 0.615. The number of carbonyl (C=O) groups excluding carboxylic acids is 1. The Hall–Kier alpha value is -1.39.